The van der Waals surface area contributed by atoms with Crippen LogP contribution in [0.4, 0.5) is 0 Å². The highest BCUT2D eigenvalue weighted by Crippen LogP contribution is 2.14. The Morgan fingerprint density at radius 2 is 2.21 bits per heavy atom. The number of nitrogens with zero attached hydrogens (tertiary/aromatic N) is 1. The largest absolute Gasteiger partial charge is 0.468 e. The van der Waals surface area contributed by atoms with Gasteiger partial charge in [-0.15, -0.1) is 0 Å². The van der Waals surface area contributed by atoms with E-state index in [-0.39, 0.29) is 18.1 Å². The summed E-state index contributed by atoms with van der Waals surface area (Å²) in [6.45, 7) is 4.10. The van der Waals surface area contributed by atoms with Gasteiger partial charge in [-0.05, 0) is 18.9 Å². The third kappa shape index (κ3) is 3.78. The van der Waals surface area contributed by atoms with Crippen LogP contribution in [0.1, 0.15) is 12.5 Å². The van der Waals surface area contributed by atoms with E-state index in [1.165, 1.54) is 12.7 Å². The van der Waals surface area contributed by atoms with Gasteiger partial charge >= 0.3 is 5.97 Å². The summed E-state index contributed by atoms with van der Waals surface area (Å²) in [7, 11) is 1.43. The first-order valence-corrected chi connectivity index (χ1v) is 6.68. The average molecular weight is 263 g/mol. The molecule has 0 spiro atoms. The quantitative estimate of drug-likeness (QED) is 0.772. The molecule has 2 unspecified atom stereocenters. The summed E-state index contributed by atoms with van der Waals surface area (Å²) in [5, 5.41) is 0. The fraction of sp³-hybridized carbons (Fsp3) is 0.533. The molecule has 19 heavy (non-hydrogen) atoms. The van der Waals surface area contributed by atoms with E-state index in [4.69, 9.17) is 9.47 Å². The Labute approximate surface area is 114 Å². The fourth-order valence-electron chi connectivity index (χ4n) is 2.41. The molecule has 4 heteroatoms. The smallest absolute Gasteiger partial charge is 0.322 e. The minimum atomic E-state index is -0.202. The van der Waals surface area contributed by atoms with Crippen LogP contribution >= 0.6 is 0 Å². The molecule has 0 aliphatic carbocycles. The van der Waals surface area contributed by atoms with Gasteiger partial charge in [0.1, 0.15) is 6.04 Å². The van der Waals surface area contributed by atoms with Crippen LogP contribution in [0, 0.1) is 0 Å². The summed E-state index contributed by atoms with van der Waals surface area (Å²) in [6.07, 6.45) is 1.02. The van der Waals surface area contributed by atoms with Crippen molar-refractivity contribution in [2.24, 2.45) is 0 Å². The molecule has 0 radical (unpaired) electrons. The number of rotatable bonds is 4. The van der Waals surface area contributed by atoms with Gasteiger partial charge in [0.15, 0.2) is 0 Å². The zero-order valence-electron chi connectivity index (χ0n) is 11.5. The molecule has 1 aliphatic heterocycles. The molecule has 0 N–H and O–H groups in total. The number of morpholine rings is 1. The van der Waals surface area contributed by atoms with Crippen LogP contribution in [0.2, 0.25) is 0 Å². The third-order valence-corrected chi connectivity index (χ3v) is 3.57. The molecule has 0 bridgehead atoms. The molecular formula is C15H21NO3. The molecule has 2 rings (SSSR count). The molecule has 104 valence electrons. The van der Waals surface area contributed by atoms with E-state index >= 15 is 0 Å². The van der Waals surface area contributed by atoms with Crippen LogP contribution in [0.15, 0.2) is 30.3 Å². The van der Waals surface area contributed by atoms with Crippen molar-refractivity contribution in [1.29, 1.82) is 0 Å². The summed E-state index contributed by atoms with van der Waals surface area (Å²) in [5.41, 5.74) is 1.26. The summed E-state index contributed by atoms with van der Waals surface area (Å²) in [5.74, 6) is -0.180. The van der Waals surface area contributed by atoms with Gasteiger partial charge in [0.05, 0.1) is 19.8 Å². The van der Waals surface area contributed by atoms with Crippen LogP contribution in [-0.4, -0.2) is 49.8 Å². The lowest BCUT2D eigenvalue weighted by atomic mass is 10.1. The molecule has 0 aromatic heterocycles. The first-order chi connectivity index (χ1) is 9.20. The second-order valence-corrected chi connectivity index (χ2v) is 4.88. The topological polar surface area (TPSA) is 38.8 Å². The minimum absolute atomic E-state index is 0.142. The zero-order chi connectivity index (χ0) is 13.7. The summed E-state index contributed by atoms with van der Waals surface area (Å²) < 4.78 is 10.6. The second-order valence-electron chi connectivity index (χ2n) is 4.88. The number of carbonyl (C=O) groups excluding carboxylic acids is 1. The standard InChI is InChI=1S/C15H21NO3/c1-12(15(17)18-2)16-8-9-19-14(11-16)10-13-6-4-3-5-7-13/h3-7,12,14H,8-11H2,1-2H3. The molecule has 4 nitrogen and oxygen atoms in total. The van der Waals surface area contributed by atoms with Gasteiger partial charge in [-0.1, -0.05) is 30.3 Å². The predicted octanol–water partition coefficient (Wildman–Crippen LogP) is 1.49. The maximum atomic E-state index is 11.6. The van der Waals surface area contributed by atoms with E-state index in [1.54, 1.807) is 0 Å². The third-order valence-electron chi connectivity index (χ3n) is 3.57. The lowest BCUT2D eigenvalue weighted by Gasteiger charge is -2.35. The van der Waals surface area contributed by atoms with Crippen molar-refractivity contribution in [2.45, 2.75) is 25.5 Å². The number of hydrogen-bond acceptors (Lipinski definition) is 4. The summed E-state index contributed by atoms with van der Waals surface area (Å²) >= 11 is 0. The van der Waals surface area contributed by atoms with Crippen molar-refractivity contribution >= 4 is 5.97 Å². The number of carbonyl (C=O) groups is 1. The lowest BCUT2D eigenvalue weighted by molar-refractivity contribution is -0.149. The Kier molecular flexibility index (Phi) is 4.93. The Morgan fingerprint density at radius 3 is 2.89 bits per heavy atom. The Balaban J connectivity index is 1.92. The normalized spacial score (nSPS) is 21.9. The number of hydrogen-bond donors (Lipinski definition) is 0. The van der Waals surface area contributed by atoms with Crippen molar-refractivity contribution in [3.05, 3.63) is 35.9 Å². The monoisotopic (exact) mass is 263 g/mol. The van der Waals surface area contributed by atoms with Gasteiger partial charge in [-0.3, -0.25) is 9.69 Å². The fourth-order valence-corrected chi connectivity index (χ4v) is 2.41. The minimum Gasteiger partial charge on any atom is -0.468 e. The number of esters is 1. The average Bonchev–Trinajstić information content (AvgIpc) is 2.47. The van der Waals surface area contributed by atoms with E-state index in [2.05, 4.69) is 17.0 Å². The molecule has 2 atom stereocenters. The van der Waals surface area contributed by atoms with E-state index in [9.17, 15) is 4.79 Å². The molecule has 1 aromatic carbocycles. The van der Waals surface area contributed by atoms with E-state index in [0.29, 0.717) is 6.61 Å². The van der Waals surface area contributed by atoms with Crippen molar-refractivity contribution in [3.63, 3.8) is 0 Å². The van der Waals surface area contributed by atoms with Gasteiger partial charge in [-0.25, -0.2) is 0 Å². The van der Waals surface area contributed by atoms with Crippen molar-refractivity contribution < 1.29 is 14.3 Å². The van der Waals surface area contributed by atoms with Gasteiger partial charge < -0.3 is 9.47 Å². The van der Waals surface area contributed by atoms with Gasteiger partial charge in [0.2, 0.25) is 0 Å². The van der Waals surface area contributed by atoms with Gasteiger partial charge in [0.25, 0.3) is 0 Å². The highest BCUT2D eigenvalue weighted by molar-refractivity contribution is 5.75. The Hall–Kier alpha value is -1.39. The first kappa shape index (κ1) is 14.0. The number of ether oxygens (including phenoxy) is 2. The maximum absolute atomic E-state index is 11.6. The first-order valence-electron chi connectivity index (χ1n) is 6.68. The molecule has 1 heterocycles. The predicted molar refractivity (Wildman–Crippen MR) is 72.9 cm³/mol. The maximum Gasteiger partial charge on any atom is 0.322 e. The highest BCUT2D eigenvalue weighted by Gasteiger charge is 2.28. The molecule has 0 saturated carbocycles. The highest BCUT2D eigenvalue weighted by atomic mass is 16.5. The van der Waals surface area contributed by atoms with Crippen LogP contribution in [0.25, 0.3) is 0 Å². The summed E-state index contributed by atoms with van der Waals surface area (Å²) in [4.78, 5) is 13.7. The van der Waals surface area contributed by atoms with E-state index in [0.717, 1.165) is 19.5 Å². The van der Waals surface area contributed by atoms with Gasteiger partial charge in [0, 0.05) is 13.1 Å². The van der Waals surface area contributed by atoms with Crippen molar-refractivity contribution in [1.82, 2.24) is 4.90 Å². The molecule has 1 aromatic rings. The van der Waals surface area contributed by atoms with Crippen LogP contribution in [-0.2, 0) is 20.7 Å². The van der Waals surface area contributed by atoms with Crippen LogP contribution in [0.5, 0.6) is 0 Å². The molecule has 1 fully saturated rings. The SMILES string of the molecule is COC(=O)C(C)N1CCOC(Cc2ccccc2)C1. The number of methoxy groups -OCH3 is 1. The Morgan fingerprint density at radius 1 is 1.47 bits per heavy atom. The van der Waals surface area contributed by atoms with Gasteiger partial charge in [-0.2, -0.15) is 0 Å². The van der Waals surface area contributed by atoms with Crippen LogP contribution in [0.3, 0.4) is 0 Å². The summed E-state index contributed by atoms with van der Waals surface area (Å²) in [6, 6.07) is 10.1. The lowest BCUT2D eigenvalue weighted by Crippen LogP contribution is -2.50. The van der Waals surface area contributed by atoms with Crippen LogP contribution < -0.4 is 0 Å². The van der Waals surface area contributed by atoms with E-state index < -0.39 is 0 Å². The van der Waals surface area contributed by atoms with E-state index in [1.807, 2.05) is 25.1 Å². The molecule has 0 amide bonds. The second kappa shape index (κ2) is 6.68. The number of benzene rings is 1. The zero-order valence-corrected chi connectivity index (χ0v) is 11.5. The van der Waals surface area contributed by atoms with Crippen molar-refractivity contribution in [3.8, 4) is 0 Å². The molecular weight excluding hydrogens is 242 g/mol. The van der Waals surface area contributed by atoms with Crippen molar-refractivity contribution in [2.75, 3.05) is 26.8 Å². The molecule has 1 saturated heterocycles. The Bertz CT molecular complexity index is 407. The molecule has 1 aliphatic rings.